The molecular weight excluding hydrogens is 369 g/mol. The van der Waals surface area contributed by atoms with Gasteiger partial charge in [0.05, 0.1) is 25.4 Å². The fourth-order valence-corrected chi connectivity index (χ4v) is 1.86. The van der Waals surface area contributed by atoms with Crippen LogP contribution in [0.1, 0.15) is 54.4 Å². The first-order chi connectivity index (χ1) is 12.4. The Morgan fingerprint density at radius 3 is 1.93 bits per heavy atom. The first-order valence-corrected chi connectivity index (χ1v) is 9.06. The average Bonchev–Trinajstić information content (AvgIpc) is 2.60. The van der Waals surface area contributed by atoms with Crippen molar-refractivity contribution in [2.24, 2.45) is 5.92 Å². The van der Waals surface area contributed by atoms with Crippen LogP contribution in [0, 0.1) is 5.92 Å². The highest BCUT2D eigenvalue weighted by molar-refractivity contribution is 5.79. The Morgan fingerprint density at radius 2 is 1.44 bits per heavy atom. The molecule has 0 bridgehead atoms. The molecule has 0 saturated heterocycles. The summed E-state index contributed by atoms with van der Waals surface area (Å²) in [7, 11) is 0. The topological polar surface area (TPSA) is 71.1 Å². The Labute approximate surface area is 158 Å². The van der Waals surface area contributed by atoms with Crippen molar-refractivity contribution >= 4 is 11.9 Å². The van der Waals surface area contributed by atoms with Crippen molar-refractivity contribution in [3.63, 3.8) is 0 Å². The molecule has 0 aliphatic carbocycles. The predicted octanol–water partition coefficient (Wildman–Crippen LogP) is 3.66. The molecular formula is C18H31F3O6. The molecule has 0 aromatic heterocycles. The van der Waals surface area contributed by atoms with Crippen LogP contribution in [-0.4, -0.2) is 55.7 Å². The maximum atomic E-state index is 12.3. The van der Waals surface area contributed by atoms with E-state index in [0.717, 1.165) is 6.42 Å². The van der Waals surface area contributed by atoms with Crippen LogP contribution in [-0.2, 0) is 28.5 Å². The largest absolute Gasteiger partial charge is 0.490 e. The highest BCUT2D eigenvalue weighted by Gasteiger charge is 2.41. The second-order valence-corrected chi connectivity index (χ2v) is 6.86. The van der Waals surface area contributed by atoms with Crippen molar-refractivity contribution in [1.29, 1.82) is 0 Å². The molecule has 0 heterocycles. The van der Waals surface area contributed by atoms with E-state index in [1.54, 1.807) is 27.7 Å². The summed E-state index contributed by atoms with van der Waals surface area (Å²) in [6.07, 6.45) is -4.11. The van der Waals surface area contributed by atoms with E-state index in [1.165, 1.54) is 0 Å². The lowest BCUT2D eigenvalue weighted by atomic mass is 10.0. The van der Waals surface area contributed by atoms with Gasteiger partial charge in [-0.2, -0.15) is 13.2 Å². The van der Waals surface area contributed by atoms with Crippen molar-refractivity contribution in [1.82, 2.24) is 0 Å². The van der Waals surface area contributed by atoms with Crippen molar-refractivity contribution in [3.05, 3.63) is 0 Å². The zero-order valence-corrected chi connectivity index (χ0v) is 16.9. The van der Waals surface area contributed by atoms with Crippen molar-refractivity contribution < 1.29 is 41.7 Å². The van der Waals surface area contributed by atoms with Crippen molar-refractivity contribution in [2.45, 2.75) is 78.4 Å². The number of alkyl halides is 3. The van der Waals surface area contributed by atoms with Gasteiger partial charge >= 0.3 is 18.1 Å². The highest BCUT2D eigenvalue weighted by atomic mass is 19.4. The Hall–Kier alpha value is -1.35. The fourth-order valence-electron chi connectivity index (χ4n) is 1.86. The number of hydrogen-bond donors (Lipinski definition) is 0. The number of rotatable bonds is 12. The third-order valence-electron chi connectivity index (χ3n) is 4.01. The minimum atomic E-state index is -5.03. The van der Waals surface area contributed by atoms with Crippen LogP contribution in [0.2, 0.25) is 0 Å². The molecule has 0 rings (SSSR count). The van der Waals surface area contributed by atoms with Gasteiger partial charge in [-0.1, -0.05) is 20.8 Å². The Bertz CT molecular complexity index is 469. The summed E-state index contributed by atoms with van der Waals surface area (Å²) < 4.78 is 56.9. The molecule has 6 nitrogen and oxygen atoms in total. The van der Waals surface area contributed by atoms with Crippen LogP contribution in [0.5, 0.6) is 0 Å². The van der Waals surface area contributed by atoms with E-state index in [2.05, 4.69) is 4.74 Å². The molecule has 9 heteroatoms. The van der Waals surface area contributed by atoms with E-state index in [1.807, 2.05) is 13.8 Å². The lowest BCUT2D eigenvalue weighted by Crippen LogP contribution is -2.42. The maximum absolute atomic E-state index is 12.3. The van der Waals surface area contributed by atoms with E-state index in [9.17, 15) is 22.8 Å². The van der Waals surface area contributed by atoms with Gasteiger partial charge in [0.2, 0.25) is 0 Å². The van der Waals surface area contributed by atoms with Gasteiger partial charge in [0, 0.05) is 5.92 Å². The smallest absolute Gasteiger partial charge is 0.461 e. The summed E-state index contributed by atoms with van der Waals surface area (Å²) >= 11 is 0. The van der Waals surface area contributed by atoms with Crippen molar-refractivity contribution in [3.8, 4) is 0 Å². The molecule has 0 amide bonds. The second-order valence-electron chi connectivity index (χ2n) is 6.86. The summed E-state index contributed by atoms with van der Waals surface area (Å²) in [6.45, 7) is 10.1. The van der Waals surface area contributed by atoms with E-state index < -0.39 is 36.2 Å². The predicted molar refractivity (Wildman–Crippen MR) is 92.1 cm³/mol. The standard InChI is InChI=1S/C18H31F3O6/c1-7-13(4)27-14(5)11-25-15(22)17(6,8-2)26-10-12(3)9-24-16(23)18(19,20)21/h12-14H,7-11H2,1-6H3. The average molecular weight is 400 g/mol. The van der Waals surface area contributed by atoms with Crippen LogP contribution in [0.3, 0.4) is 0 Å². The van der Waals surface area contributed by atoms with E-state index in [-0.39, 0.29) is 25.4 Å². The van der Waals surface area contributed by atoms with Crippen LogP contribution >= 0.6 is 0 Å². The van der Waals surface area contributed by atoms with Gasteiger partial charge in [0.1, 0.15) is 6.61 Å². The molecule has 4 atom stereocenters. The number of esters is 2. The molecule has 0 saturated carbocycles. The summed E-state index contributed by atoms with van der Waals surface area (Å²) in [4.78, 5) is 23.0. The Balaban J connectivity index is 4.44. The molecule has 0 fully saturated rings. The van der Waals surface area contributed by atoms with Gasteiger partial charge in [-0.05, 0) is 33.6 Å². The zero-order chi connectivity index (χ0) is 21.3. The molecule has 0 aromatic carbocycles. The van der Waals surface area contributed by atoms with E-state index >= 15 is 0 Å². The molecule has 0 spiro atoms. The minimum Gasteiger partial charge on any atom is -0.461 e. The minimum absolute atomic E-state index is 0.0489. The summed E-state index contributed by atoms with van der Waals surface area (Å²) in [5.41, 5.74) is -1.25. The van der Waals surface area contributed by atoms with Gasteiger partial charge in [-0.3, -0.25) is 0 Å². The lowest BCUT2D eigenvalue weighted by molar-refractivity contribution is -0.202. The first-order valence-electron chi connectivity index (χ1n) is 9.06. The van der Waals surface area contributed by atoms with Gasteiger partial charge in [0.15, 0.2) is 5.60 Å². The number of halogens is 3. The summed E-state index contributed by atoms with van der Waals surface area (Å²) in [5.74, 6) is -3.35. The van der Waals surface area contributed by atoms with E-state index in [0.29, 0.717) is 6.42 Å². The van der Waals surface area contributed by atoms with Gasteiger partial charge in [0.25, 0.3) is 0 Å². The molecule has 0 aromatic rings. The molecule has 160 valence electrons. The zero-order valence-electron chi connectivity index (χ0n) is 16.9. The Kier molecular flexibility index (Phi) is 10.9. The molecule has 0 aliphatic heterocycles. The first kappa shape index (κ1) is 25.6. The lowest BCUT2D eigenvalue weighted by Gasteiger charge is -2.28. The van der Waals surface area contributed by atoms with Gasteiger partial charge < -0.3 is 18.9 Å². The normalized spacial score (nSPS) is 17.5. The van der Waals surface area contributed by atoms with Gasteiger partial charge in [-0.25, -0.2) is 9.59 Å². The van der Waals surface area contributed by atoms with Crippen LogP contribution in [0.15, 0.2) is 0 Å². The van der Waals surface area contributed by atoms with Crippen LogP contribution in [0.4, 0.5) is 13.2 Å². The number of hydrogen-bond acceptors (Lipinski definition) is 6. The number of ether oxygens (including phenoxy) is 4. The molecule has 27 heavy (non-hydrogen) atoms. The Morgan fingerprint density at radius 1 is 0.889 bits per heavy atom. The fraction of sp³-hybridized carbons (Fsp3) is 0.889. The molecule has 4 unspecified atom stereocenters. The number of carbonyl (C=O) groups is 2. The third kappa shape index (κ3) is 9.95. The van der Waals surface area contributed by atoms with Crippen LogP contribution in [0.25, 0.3) is 0 Å². The molecule has 0 aliphatic rings. The third-order valence-corrected chi connectivity index (χ3v) is 4.01. The monoisotopic (exact) mass is 400 g/mol. The van der Waals surface area contributed by atoms with Crippen molar-refractivity contribution in [2.75, 3.05) is 19.8 Å². The quantitative estimate of drug-likeness (QED) is 0.466. The molecule has 0 N–H and O–H groups in total. The summed E-state index contributed by atoms with van der Waals surface area (Å²) in [5, 5.41) is 0. The maximum Gasteiger partial charge on any atom is 0.490 e. The van der Waals surface area contributed by atoms with Crippen LogP contribution < -0.4 is 0 Å². The molecule has 0 radical (unpaired) electrons. The highest BCUT2D eigenvalue weighted by Crippen LogP contribution is 2.20. The SMILES string of the molecule is CCC(C)OC(C)COC(=O)C(C)(CC)OCC(C)COC(=O)C(F)(F)F. The second kappa shape index (κ2) is 11.5. The van der Waals surface area contributed by atoms with E-state index in [4.69, 9.17) is 14.2 Å². The number of carbonyl (C=O) groups excluding carboxylic acids is 2. The summed E-state index contributed by atoms with van der Waals surface area (Å²) in [6, 6.07) is 0. The van der Waals surface area contributed by atoms with Gasteiger partial charge in [-0.15, -0.1) is 0 Å².